The summed E-state index contributed by atoms with van der Waals surface area (Å²) in [5.74, 6) is 3.22. The molecule has 1 aromatic rings. The molecule has 0 saturated heterocycles. The second-order valence-corrected chi connectivity index (χ2v) is 4.86. The highest BCUT2D eigenvalue weighted by Gasteiger charge is 2.03. The van der Waals surface area contributed by atoms with Gasteiger partial charge in [0.15, 0.2) is 0 Å². The van der Waals surface area contributed by atoms with Crippen LogP contribution in [-0.2, 0) is 0 Å². The van der Waals surface area contributed by atoms with Crippen molar-refractivity contribution in [2.45, 2.75) is 13.3 Å². The monoisotopic (exact) mass is 271 g/mol. The van der Waals surface area contributed by atoms with Crippen molar-refractivity contribution in [1.82, 2.24) is 4.98 Å². The van der Waals surface area contributed by atoms with E-state index in [1.807, 2.05) is 24.8 Å². The van der Waals surface area contributed by atoms with Gasteiger partial charge in [-0.2, -0.15) is 16.7 Å². The number of nitrogen functional groups attached to an aromatic ring is 1. The van der Waals surface area contributed by atoms with E-state index < -0.39 is 0 Å². The molecule has 102 valence electrons. The Labute approximate surface area is 112 Å². The Bertz CT molecular complexity index is 350. The molecule has 0 spiro atoms. The third-order valence-corrected chi connectivity index (χ3v) is 3.24. The van der Waals surface area contributed by atoms with Crippen molar-refractivity contribution >= 4 is 23.3 Å². The van der Waals surface area contributed by atoms with Crippen LogP contribution in [-0.4, -0.2) is 41.4 Å². The fourth-order valence-corrected chi connectivity index (χ4v) is 2.11. The van der Waals surface area contributed by atoms with E-state index in [9.17, 15) is 0 Å². The minimum Gasteiger partial charge on any atom is -0.476 e. The summed E-state index contributed by atoms with van der Waals surface area (Å²) in [6.07, 6.45) is 0.847. The Balaban J connectivity index is 2.31. The topological polar surface area (TPSA) is 80.4 Å². The van der Waals surface area contributed by atoms with E-state index in [0.29, 0.717) is 18.2 Å². The van der Waals surface area contributed by atoms with Crippen LogP contribution < -0.4 is 15.8 Å². The lowest BCUT2D eigenvalue weighted by Gasteiger charge is -2.09. The maximum Gasteiger partial charge on any atom is 0.239 e. The highest BCUT2D eigenvalue weighted by atomic mass is 32.2. The molecule has 6 heteroatoms. The number of nitrogens with one attached hydrogen (secondary N) is 1. The lowest BCUT2D eigenvalue weighted by molar-refractivity contribution is 0.296. The Kier molecular flexibility index (Phi) is 7.36. The molecule has 0 bridgehead atoms. The standard InChI is InChI=1S/C12H21N3O2S/c1-2-17-12-10(13)4-5-11(15-12)14-6-9-18-8-3-7-16/h4-5,16H,2-3,6-9,13H2,1H3,(H,14,15). The lowest BCUT2D eigenvalue weighted by Crippen LogP contribution is -2.08. The Hall–Kier alpha value is -1.14. The van der Waals surface area contributed by atoms with Crippen molar-refractivity contribution in [2.24, 2.45) is 0 Å². The van der Waals surface area contributed by atoms with Crippen LogP contribution in [0.2, 0.25) is 0 Å². The van der Waals surface area contributed by atoms with Gasteiger partial charge in [-0.1, -0.05) is 0 Å². The summed E-state index contributed by atoms with van der Waals surface area (Å²) in [5, 5.41) is 11.9. The molecule has 0 aromatic carbocycles. The highest BCUT2D eigenvalue weighted by molar-refractivity contribution is 7.99. The van der Waals surface area contributed by atoms with E-state index >= 15 is 0 Å². The summed E-state index contributed by atoms with van der Waals surface area (Å²) in [7, 11) is 0. The molecule has 0 atom stereocenters. The summed E-state index contributed by atoms with van der Waals surface area (Å²) in [6.45, 7) is 3.55. The largest absolute Gasteiger partial charge is 0.476 e. The van der Waals surface area contributed by atoms with Crippen molar-refractivity contribution in [1.29, 1.82) is 0 Å². The first-order valence-electron chi connectivity index (χ1n) is 6.09. The summed E-state index contributed by atoms with van der Waals surface area (Å²) < 4.78 is 5.33. The normalized spacial score (nSPS) is 10.3. The van der Waals surface area contributed by atoms with Gasteiger partial charge in [-0.05, 0) is 31.2 Å². The number of ether oxygens (including phenoxy) is 1. The van der Waals surface area contributed by atoms with Gasteiger partial charge < -0.3 is 20.9 Å². The van der Waals surface area contributed by atoms with Gasteiger partial charge in [0.25, 0.3) is 0 Å². The van der Waals surface area contributed by atoms with Gasteiger partial charge in [0.2, 0.25) is 5.88 Å². The van der Waals surface area contributed by atoms with Crippen molar-refractivity contribution in [3.8, 4) is 5.88 Å². The molecule has 1 aromatic heterocycles. The van der Waals surface area contributed by atoms with Gasteiger partial charge in [0.05, 0.1) is 12.3 Å². The maximum atomic E-state index is 8.64. The molecule has 0 amide bonds. The average molecular weight is 271 g/mol. The SMILES string of the molecule is CCOc1nc(NCCSCCCO)ccc1N. The van der Waals surface area contributed by atoms with E-state index in [2.05, 4.69) is 10.3 Å². The predicted octanol–water partition coefficient (Wildman–Crippen LogP) is 1.59. The number of nitrogens with two attached hydrogens (primary N) is 1. The third kappa shape index (κ3) is 5.46. The van der Waals surface area contributed by atoms with Crippen LogP contribution in [0.3, 0.4) is 0 Å². The fraction of sp³-hybridized carbons (Fsp3) is 0.583. The Morgan fingerprint density at radius 3 is 3.00 bits per heavy atom. The number of anilines is 2. The number of hydrogen-bond donors (Lipinski definition) is 3. The van der Waals surface area contributed by atoms with E-state index in [4.69, 9.17) is 15.6 Å². The van der Waals surface area contributed by atoms with Crippen LogP contribution in [0.25, 0.3) is 0 Å². The number of rotatable bonds is 9. The van der Waals surface area contributed by atoms with E-state index in [1.54, 1.807) is 6.07 Å². The van der Waals surface area contributed by atoms with Crippen molar-refractivity contribution in [3.63, 3.8) is 0 Å². The smallest absolute Gasteiger partial charge is 0.239 e. The zero-order valence-electron chi connectivity index (χ0n) is 10.7. The second kappa shape index (κ2) is 8.88. The van der Waals surface area contributed by atoms with Gasteiger partial charge in [-0.25, -0.2) is 0 Å². The first-order chi connectivity index (χ1) is 8.77. The molecular weight excluding hydrogens is 250 g/mol. The second-order valence-electron chi connectivity index (χ2n) is 3.64. The number of thioether (sulfide) groups is 1. The maximum absolute atomic E-state index is 8.64. The Morgan fingerprint density at radius 2 is 2.28 bits per heavy atom. The van der Waals surface area contributed by atoms with Crippen LogP contribution in [0.4, 0.5) is 11.5 Å². The zero-order chi connectivity index (χ0) is 13.2. The minimum atomic E-state index is 0.262. The van der Waals surface area contributed by atoms with Gasteiger partial charge in [0, 0.05) is 18.9 Å². The van der Waals surface area contributed by atoms with E-state index in [1.165, 1.54) is 0 Å². The molecule has 0 aliphatic heterocycles. The number of nitrogens with zero attached hydrogens (tertiary/aromatic N) is 1. The number of aliphatic hydroxyl groups is 1. The first kappa shape index (κ1) is 14.9. The molecule has 0 fully saturated rings. The fourth-order valence-electron chi connectivity index (χ4n) is 1.32. The molecule has 1 rings (SSSR count). The quantitative estimate of drug-likeness (QED) is 0.592. The van der Waals surface area contributed by atoms with Crippen LogP contribution in [0.1, 0.15) is 13.3 Å². The van der Waals surface area contributed by atoms with Crippen molar-refractivity contribution < 1.29 is 9.84 Å². The van der Waals surface area contributed by atoms with E-state index in [0.717, 1.165) is 30.3 Å². The predicted molar refractivity (Wildman–Crippen MR) is 77.3 cm³/mol. The van der Waals surface area contributed by atoms with Gasteiger partial charge in [0.1, 0.15) is 5.82 Å². The first-order valence-corrected chi connectivity index (χ1v) is 7.25. The molecule has 5 nitrogen and oxygen atoms in total. The summed E-state index contributed by atoms with van der Waals surface area (Å²) in [5.41, 5.74) is 6.30. The molecule has 1 heterocycles. The van der Waals surface area contributed by atoms with Crippen LogP contribution >= 0.6 is 11.8 Å². The van der Waals surface area contributed by atoms with Gasteiger partial charge in [-0.15, -0.1) is 0 Å². The molecule has 0 unspecified atom stereocenters. The average Bonchev–Trinajstić information content (AvgIpc) is 2.37. The molecule has 4 N–H and O–H groups in total. The molecule has 0 radical (unpaired) electrons. The minimum absolute atomic E-state index is 0.262. The number of aliphatic hydroxyl groups excluding tert-OH is 1. The number of pyridine rings is 1. The molecule has 0 aliphatic carbocycles. The van der Waals surface area contributed by atoms with Gasteiger partial charge >= 0.3 is 0 Å². The van der Waals surface area contributed by atoms with Crippen LogP contribution in [0.5, 0.6) is 5.88 Å². The lowest BCUT2D eigenvalue weighted by atomic mass is 10.4. The van der Waals surface area contributed by atoms with Gasteiger partial charge in [-0.3, -0.25) is 0 Å². The van der Waals surface area contributed by atoms with Crippen molar-refractivity contribution in [2.75, 3.05) is 42.3 Å². The molecule has 0 aliphatic rings. The number of aromatic nitrogens is 1. The Morgan fingerprint density at radius 1 is 1.44 bits per heavy atom. The molecule has 0 saturated carbocycles. The third-order valence-electron chi connectivity index (χ3n) is 2.17. The number of hydrogen-bond acceptors (Lipinski definition) is 6. The molecular formula is C12H21N3O2S. The summed E-state index contributed by atoms with van der Waals surface area (Å²) >= 11 is 1.81. The highest BCUT2D eigenvalue weighted by Crippen LogP contribution is 2.20. The molecule has 18 heavy (non-hydrogen) atoms. The zero-order valence-corrected chi connectivity index (χ0v) is 11.5. The van der Waals surface area contributed by atoms with Crippen LogP contribution in [0.15, 0.2) is 12.1 Å². The van der Waals surface area contributed by atoms with Crippen molar-refractivity contribution in [3.05, 3.63) is 12.1 Å². The summed E-state index contributed by atoms with van der Waals surface area (Å²) in [6, 6.07) is 3.63. The van der Waals surface area contributed by atoms with E-state index in [-0.39, 0.29) is 6.61 Å². The summed E-state index contributed by atoms with van der Waals surface area (Å²) in [4.78, 5) is 4.29. The van der Waals surface area contributed by atoms with Crippen LogP contribution in [0, 0.1) is 0 Å².